The molecule has 1 aliphatic rings. The number of nitrogens with zero attached hydrogens (tertiary/aromatic N) is 2. The number of hydrogen-bond acceptors (Lipinski definition) is 4. The van der Waals surface area contributed by atoms with E-state index in [0.29, 0.717) is 23.0 Å². The summed E-state index contributed by atoms with van der Waals surface area (Å²) in [7, 11) is 0. The Kier molecular flexibility index (Phi) is 5.65. The van der Waals surface area contributed by atoms with E-state index < -0.39 is 0 Å². The highest BCUT2D eigenvalue weighted by atomic mass is 16.3. The minimum Gasteiger partial charge on any atom is -0.463 e. The van der Waals surface area contributed by atoms with E-state index in [0.717, 1.165) is 31.0 Å². The third-order valence-corrected chi connectivity index (χ3v) is 5.06. The molecule has 27 heavy (non-hydrogen) atoms. The number of hydrogen-bond donors (Lipinski definition) is 2. The fraction of sp³-hybridized carbons (Fsp3) is 0.429. The van der Waals surface area contributed by atoms with Gasteiger partial charge in [0.05, 0.1) is 11.8 Å². The third-order valence-electron chi connectivity index (χ3n) is 5.06. The standard InChI is InChI=1S/C21H28N4O2/c1-6-25(7-2)12-16-14(5)22-17(19(16)13(3)4)11-15-20(23-24-21(15)26)18-9-8-10-27-18/h8-11,13,22H,6-7,12H2,1-5H3,(H,24,26)/b15-11+. The first-order valence-electron chi connectivity index (χ1n) is 9.53. The van der Waals surface area contributed by atoms with E-state index in [1.807, 2.05) is 12.1 Å². The normalized spacial score (nSPS) is 15.9. The van der Waals surface area contributed by atoms with Crippen LogP contribution in [0.3, 0.4) is 0 Å². The number of rotatable bonds is 7. The van der Waals surface area contributed by atoms with Crippen LogP contribution < -0.4 is 5.43 Å². The molecule has 6 nitrogen and oxygen atoms in total. The van der Waals surface area contributed by atoms with Gasteiger partial charge in [-0.15, -0.1) is 0 Å². The van der Waals surface area contributed by atoms with Crippen LogP contribution in [0, 0.1) is 6.92 Å². The minimum atomic E-state index is -0.214. The van der Waals surface area contributed by atoms with E-state index in [9.17, 15) is 4.79 Å². The van der Waals surface area contributed by atoms with Crippen molar-refractivity contribution in [2.45, 2.75) is 47.1 Å². The molecule has 0 spiro atoms. The van der Waals surface area contributed by atoms with Crippen molar-refractivity contribution in [2.75, 3.05) is 13.1 Å². The van der Waals surface area contributed by atoms with E-state index in [1.165, 1.54) is 11.1 Å². The first kappa shape index (κ1) is 19.2. The molecule has 3 rings (SSSR count). The first-order chi connectivity index (χ1) is 13.0. The van der Waals surface area contributed by atoms with E-state index in [4.69, 9.17) is 4.42 Å². The minimum absolute atomic E-state index is 0.214. The smallest absolute Gasteiger partial charge is 0.273 e. The quantitative estimate of drug-likeness (QED) is 0.730. The number of aryl methyl sites for hydroxylation is 1. The molecule has 3 heterocycles. The van der Waals surface area contributed by atoms with Gasteiger partial charge in [-0.2, -0.15) is 5.10 Å². The number of furan rings is 1. The summed E-state index contributed by atoms with van der Waals surface area (Å²) in [5, 5.41) is 4.15. The van der Waals surface area contributed by atoms with Crippen LogP contribution in [0.5, 0.6) is 0 Å². The SMILES string of the molecule is CCN(CC)Cc1c(C)[nH]c(/C=C2/C(=O)NN=C2c2ccco2)c1C(C)C. The summed E-state index contributed by atoms with van der Waals surface area (Å²) in [4.78, 5) is 18.3. The number of H-pyrrole nitrogens is 1. The Bertz CT molecular complexity index is 868. The lowest BCUT2D eigenvalue weighted by atomic mass is 9.95. The lowest BCUT2D eigenvalue weighted by Crippen LogP contribution is -2.23. The zero-order valence-electron chi connectivity index (χ0n) is 16.7. The topological polar surface area (TPSA) is 73.6 Å². The molecule has 1 amide bonds. The maximum absolute atomic E-state index is 12.4. The van der Waals surface area contributed by atoms with Crippen molar-refractivity contribution in [1.29, 1.82) is 0 Å². The molecule has 0 aliphatic carbocycles. The van der Waals surface area contributed by atoms with Gasteiger partial charge in [-0.3, -0.25) is 9.69 Å². The molecule has 2 aromatic rings. The first-order valence-corrected chi connectivity index (χ1v) is 9.53. The fourth-order valence-corrected chi connectivity index (χ4v) is 3.57. The third kappa shape index (κ3) is 3.76. The Morgan fingerprint density at radius 3 is 2.63 bits per heavy atom. The van der Waals surface area contributed by atoms with Gasteiger partial charge in [0, 0.05) is 17.9 Å². The number of aromatic nitrogens is 1. The molecule has 2 N–H and O–H groups in total. The van der Waals surface area contributed by atoms with E-state index in [1.54, 1.807) is 12.3 Å². The van der Waals surface area contributed by atoms with Crippen molar-refractivity contribution in [1.82, 2.24) is 15.3 Å². The molecule has 1 aliphatic heterocycles. The second-order valence-electron chi connectivity index (χ2n) is 7.11. The monoisotopic (exact) mass is 368 g/mol. The lowest BCUT2D eigenvalue weighted by Gasteiger charge is -2.20. The molecule has 0 radical (unpaired) electrons. The Balaban J connectivity index is 2.05. The van der Waals surface area contributed by atoms with Crippen molar-refractivity contribution in [3.63, 3.8) is 0 Å². The molecule has 0 saturated carbocycles. The molecule has 0 unspecified atom stereocenters. The van der Waals surface area contributed by atoms with Gasteiger partial charge in [-0.1, -0.05) is 27.7 Å². The van der Waals surface area contributed by atoms with Gasteiger partial charge in [0.15, 0.2) is 5.76 Å². The van der Waals surface area contributed by atoms with Crippen LogP contribution in [-0.4, -0.2) is 34.6 Å². The highest BCUT2D eigenvalue weighted by Gasteiger charge is 2.27. The van der Waals surface area contributed by atoms with Crippen LogP contribution >= 0.6 is 0 Å². The van der Waals surface area contributed by atoms with Crippen molar-refractivity contribution in [2.24, 2.45) is 5.10 Å². The largest absolute Gasteiger partial charge is 0.463 e. The van der Waals surface area contributed by atoms with Crippen molar-refractivity contribution < 1.29 is 9.21 Å². The summed E-state index contributed by atoms with van der Waals surface area (Å²) in [5.41, 5.74) is 8.29. The number of carbonyl (C=O) groups excluding carboxylic acids is 1. The molecule has 0 fully saturated rings. The summed E-state index contributed by atoms with van der Waals surface area (Å²) in [6.07, 6.45) is 3.48. The predicted molar refractivity (Wildman–Crippen MR) is 108 cm³/mol. The molecule has 0 bridgehead atoms. The zero-order chi connectivity index (χ0) is 19.6. The Hall–Kier alpha value is -2.60. The van der Waals surface area contributed by atoms with Crippen molar-refractivity contribution in [3.8, 4) is 0 Å². The molecular weight excluding hydrogens is 340 g/mol. The number of carbonyl (C=O) groups is 1. The van der Waals surface area contributed by atoms with Gasteiger partial charge in [0.25, 0.3) is 5.91 Å². The maximum atomic E-state index is 12.4. The predicted octanol–water partition coefficient (Wildman–Crippen LogP) is 3.80. The second-order valence-corrected chi connectivity index (χ2v) is 7.11. The van der Waals surface area contributed by atoms with Gasteiger partial charge in [0.1, 0.15) is 5.71 Å². The van der Waals surface area contributed by atoms with Gasteiger partial charge in [-0.05, 0) is 55.3 Å². The number of amides is 1. The summed E-state index contributed by atoms with van der Waals surface area (Å²) in [6, 6.07) is 3.60. The molecule has 0 saturated heterocycles. The van der Waals surface area contributed by atoms with Crippen LogP contribution in [0.4, 0.5) is 0 Å². The summed E-state index contributed by atoms with van der Waals surface area (Å²) in [5.74, 6) is 0.701. The van der Waals surface area contributed by atoms with Gasteiger partial charge < -0.3 is 9.40 Å². The van der Waals surface area contributed by atoms with Crippen LogP contribution in [0.2, 0.25) is 0 Å². The van der Waals surface area contributed by atoms with Crippen LogP contribution in [0.25, 0.3) is 6.08 Å². The van der Waals surface area contributed by atoms with Crippen molar-refractivity contribution >= 4 is 17.7 Å². The molecule has 6 heteroatoms. The fourth-order valence-electron chi connectivity index (χ4n) is 3.57. The van der Waals surface area contributed by atoms with Crippen LogP contribution in [0.1, 0.15) is 61.9 Å². The highest BCUT2D eigenvalue weighted by Crippen LogP contribution is 2.30. The van der Waals surface area contributed by atoms with E-state index in [-0.39, 0.29) is 5.91 Å². The van der Waals surface area contributed by atoms with Gasteiger partial charge >= 0.3 is 0 Å². The van der Waals surface area contributed by atoms with Gasteiger partial charge in [0.2, 0.25) is 0 Å². The Labute approximate surface area is 160 Å². The number of hydrazone groups is 1. The van der Waals surface area contributed by atoms with Gasteiger partial charge in [-0.25, -0.2) is 5.43 Å². The Morgan fingerprint density at radius 2 is 2.04 bits per heavy atom. The molecule has 0 aromatic carbocycles. The average molecular weight is 368 g/mol. The van der Waals surface area contributed by atoms with E-state index >= 15 is 0 Å². The van der Waals surface area contributed by atoms with E-state index in [2.05, 4.69) is 55.0 Å². The molecule has 2 aromatic heterocycles. The van der Waals surface area contributed by atoms with Crippen molar-refractivity contribution in [3.05, 3.63) is 52.2 Å². The molecule has 0 atom stereocenters. The number of nitrogens with one attached hydrogen (secondary N) is 2. The Morgan fingerprint density at radius 1 is 1.30 bits per heavy atom. The maximum Gasteiger partial charge on any atom is 0.273 e. The average Bonchev–Trinajstić information content (AvgIpc) is 3.34. The number of aromatic amines is 1. The summed E-state index contributed by atoms with van der Waals surface area (Å²) in [6.45, 7) is 13.7. The molecule has 144 valence electrons. The second kappa shape index (κ2) is 7.96. The molecular formula is C21H28N4O2. The summed E-state index contributed by atoms with van der Waals surface area (Å²) >= 11 is 0. The van der Waals surface area contributed by atoms with Crippen LogP contribution in [-0.2, 0) is 11.3 Å². The lowest BCUT2D eigenvalue weighted by molar-refractivity contribution is -0.116. The zero-order valence-corrected chi connectivity index (χ0v) is 16.7. The highest BCUT2D eigenvalue weighted by molar-refractivity contribution is 6.32. The summed E-state index contributed by atoms with van der Waals surface area (Å²) < 4.78 is 5.44. The van der Waals surface area contributed by atoms with Crippen LogP contribution in [0.15, 0.2) is 33.5 Å².